The van der Waals surface area contributed by atoms with Crippen molar-refractivity contribution in [3.63, 3.8) is 0 Å². The van der Waals surface area contributed by atoms with Crippen molar-refractivity contribution in [2.24, 2.45) is 0 Å². The number of carbonyl (C=O) groups is 1. The first-order chi connectivity index (χ1) is 7.21. The Morgan fingerprint density at radius 2 is 2.27 bits per heavy atom. The van der Waals surface area contributed by atoms with Crippen LogP contribution in [0.5, 0.6) is 5.88 Å². The third-order valence-electron chi connectivity index (χ3n) is 1.82. The number of pyridine rings is 1. The van der Waals surface area contributed by atoms with E-state index in [1.54, 1.807) is 12.1 Å². The summed E-state index contributed by atoms with van der Waals surface area (Å²) in [6.45, 7) is 0. The molecule has 5 nitrogen and oxygen atoms in total. The lowest BCUT2D eigenvalue weighted by molar-refractivity contribution is -0.139. The van der Waals surface area contributed by atoms with E-state index in [4.69, 9.17) is 10.00 Å². The third-order valence-corrected chi connectivity index (χ3v) is 1.82. The van der Waals surface area contributed by atoms with Crippen LogP contribution in [-0.2, 0) is 16.0 Å². The molecule has 0 aliphatic carbocycles. The van der Waals surface area contributed by atoms with Crippen molar-refractivity contribution in [2.75, 3.05) is 14.2 Å². The summed E-state index contributed by atoms with van der Waals surface area (Å²) < 4.78 is 9.39. The van der Waals surface area contributed by atoms with Gasteiger partial charge in [-0.05, 0) is 6.07 Å². The van der Waals surface area contributed by atoms with Gasteiger partial charge in [-0.2, -0.15) is 5.26 Å². The number of nitriles is 1. The normalized spacial score (nSPS) is 9.13. The molecule has 78 valence electrons. The van der Waals surface area contributed by atoms with Gasteiger partial charge >= 0.3 is 5.97 Å². The largest absolute Gasteiger partial charge is 0.481 e. The number of nitrogens with zero attached hydrogens (tertiary/aromatic N) is 2. The maximum absolute atomic E-state index is 11.0. The van der Waals surface area contributed by atoms with Crippen LogP contribution in [0.1, 0.15) is 11.3 Å². The van der Waals surface area contributed by atoms with Gasteiger partial charge in [0.25, 0.3) is 0 Å². The van der Waals surface area contributed by atoms with Gasteiger partial charge in [-0.25, -0.2) is 4.98 Å². The molecule has 5 heteroatoms. The molecule has 0 saturated carbocycles. The van der Waals surface area contributed by atoms with Crippen LogP contribution in [0.2, 0.25) is 0 Å². The number of hydrogen-bond acceptors (Lipinski definition) is 5. The number of rotatable bonds is 3. The van der Waals surface area contributed by atoms with E-state index in [-0.39, 0.29) is 6.42 Å². The van der Waals surface area contributed by atoms with Crippen molar-refractivity contribution in [2.45, 2.75) is 6.42 Å². The monoisotopic (exact) mass is 206 g/mol. The van der Waals surface area contributed by atoms with Gasteiger partial charge < -0.3 is 9.47 Å². The lowest BCUT2D eigenvalue weighted by atomic mass is 10.1. The summed E-state index contributed by atoms with van der Waals surface area (Å²) in [6.07, 6.45) is -0.0312. The van der Waals surface area contributed by atoms with Crippen molar-refractivity contribution in [1.29, 1.82) is 5.26 Å². The fraction of sp³-hybridized carbons (Fsp3) is 0.300. The van der Waals surface area contributed by atoms with Crippen molar-refractivity contribution < 1.29 is 14.3 Å². The summed E-state index contributed by atoms with van der Waals surface area (Å²) in [5.41, 5.74) is 0.713. The molecule has 15 heavy (non-hydrogen) atoms. The molecular weight excluding hydrogens is 196 g/mol. The zero-order valence-corrected chi connectivity index (χ0v) is 8.48. The molecular formula is C10H10N2O3. The average molecular weight is 206 g/mol. The summed E-state index contributed by atoms with van der Waals surface area (Å²) in [4.78, 5) is 15.0. The molecule has 0 amide bonds. The lowest BCUT2D eigenvalue weighted by Gasteiger charge is -2.04. The van der Waals surface area contributed by atoms with Crippen LogP contribution >= 0.6 is 0 Å². The molecule has 1 rings (SSSR count). The standard InChI is InChI=1S/C10H10N2O3/c1-14-9-4-3-7(6-11)8(12-9)5-10(13)15-2/h3-4H,5H2,1-2H3. The number of hydrogen-bond donors (Lipinski definition) is 0. The van der Waals surface area contributed by atoms with Gasteiger partial charge in [-0.15, -0.1) is 0 Å². The van der Waals surface area contributed by atoms with Crippen molar-refractivity contribution in [3.05, 3.63) is 23.4 Å². The molecule has 0 unspecified atom stereocenters. The second kappa shape index (κ2) is 4.96. The third kappa shape index (κ3) is 2.68. The summed E-state index contributed by atoms with van der Waals surface area (Å²) in [5, 5.41) is 8.78. The van der Waals surface area contributed by atoms with E-state index in [0.29, 0.717) is 17.1 Å². The zero-order valence-electron chi connectivity index (χ0n) is 8.48. The molecule has 0 N–H and O–H groups in total. The van der Waals surface area contributed by atoms with Gasteiger partial charge in [0, 0.05) is 6.07 Å². The molecule has 1 aromatic rings. The Hall–Kier alpha value is -2.09. The van der Waals surface area contributed by atoms with Gasteiger partial charge in [0.05, 0.1) is 31.9 Å². The molecule has 0 aliphatic rings. The summed E-state index contributed by atoms with van der Waals surface area (Å²) in [6, 6.07) is 5.08. The Bertz CT molecular complexity index is 410. The van der Waals surface area contributed by atoms with Crippen LogP contribution in [0.4, 0.5) is 0 Å². The van der Waals surface area contributed by atoms with Crippen molar-refractivity contribution in [1.82, 2.24) is 4.98 Å². The summed E-state index contributed by atoms with van der Waals surface area (Å²) >= 11 is 0. The van der Waals surface area contributed by atoms with Crippen molar-refractivity contribution >= 4 is 5.97 Å². The fourth-order valence-electron chi connectivity index (χ4n) is 1.04. The van der Waals surface area contributed by atoms with Gasteiger partial charge in [-0.1, -0.05) is 0 Å². The SMILES string of the molecule is COC(=O)Cc1nc(OC)ccc1C#N. The smallest absolute Gasteiger partial charge is 0.311 e. The zero-order chi connectivity index (χ0) is 11.3. The minimum atomic E-state index is -0.438. The van der Waals surface area contributed by atoms with E-state index in [2.05, 4.69) is 9.72 Å². The quantitative estimate of drug-likeness (QED) is 0.680. The first-order valence-electron chi connectivity index (χ1n) is 4.22. The van der Waals surface area contributed by atoms with Crippen molar-refractivity contribution in [3.8, 4) is 11.9 Å². The van der Waals surface area contributed by atoms with Crippen LogP contribution in [-0.4, -0.2) is 25.2 Å². The Kier molecular flexibility index (Phi) is 3.63. The summed E-state index contributed by atoms with van der Waals surface area (Å²) in [5.74, 6) is -0.0693. The van der Waals surface area contributed by atoms with E-state index in [1.807, 2.05) is 6.07 Å². The van der Waals surface area contributed by atoms with Gasteiger partial charge in [0.2, 0.25) is 5.88 Å². The van der Waals surface area contributed by atoms with E-state index >= 15 is 0 Å². The number of methoxy groups -OCH3 is 2. The first-order valence-corrected chi connectivity index (χ1v) is 4.22. The number of ether oxygens (including phenoxy) is 2. The molecule has 0 fully saturated rings. The molecule has 0 bridgehead atoms. The van der Waals surface area contributed by atoms with Gasteiger partial charge in [-0.3, -0.25) is 4.79 Å². The highest BCUT2D eigenvalue weighted by atomic mass is 16.5. The van der Waals surface area contributed by atoms with Gasteiger partial charge in [0.15, 0.2) is 0 Å². The van der Waals surface area contributed by atoms with E-state index in [1.165, 1.54) is 14.2 Å². The lowest BCUT2D eigenvalue weighted by Crippen LogP contribution is -2.08. The van der Waals surface area contributed by atoms with Crippen LogP contribution in [0.3, 0.4) is 0 Å². The fourth-order valence-corrected chi connectivity index (χ4v) is 1.04. The van der Waals surface area contributed by atoms with E-state index in [0.717, 1.165) is 0 Å². The second-order valence-corrected chi connectivity index (χ2v) is 2.71. The highest BCUT2D eigenvalue weighted by molar-refractivity contribution is 5.72. The number of aromatic nitrogens is 1. The number of esters is 1. The Morgan fingerprint density at radius 3 is 2.80 bits per heavy atom. The van der Waals surface area contributed by atoms with Crippen LogP contribution in [0, 0.1) is 11.3 Å². The Balaban J connectivity index is 3.02. The molecule has 0 aliphatic heterocycles. The Labute approximate surface area is 87.3 Å². The minimum Gasteiger partial charge on any atom is -0.481 e. The molecule has 0 saturated heterocycles. The maximum Gasteiger partial charge on any atom is 0.311 e. The molecule has 0 spiro atoms. The Morgan fingerprint density at radius 1 is 1.53 bits per heavy atom. The predicted octanol–water partition coefficient (Wildman–Crippen LogP) is 0.677. The molecule has 1 heterocycles. The average Bonchev–Trinajstić information content (AvgIpc) is 2.28. The highest BCUT2D eigenvalue weighted by Crippen LogP contribution is 2.12. The maximum atomic E-state index is 11.0. The molecule has 0 atom stereocenters. The van der Waals surface area contributed by atoms with Gasteiger partial charge in [0.1, 0.15) is 6.07 Å². The topological polar surface area (TPSA) is 72.2 Å². The first kappa shape index (κ1) is 11.0. The molecule has 1 aromatic heterocycles. The van der Waals surface area contributed by atoms with E-state index < -0.39 is 5.97 Å². The minimum absolute atomic E-state index is 0.0312. The second-order valence-electron chi connectivity index (χ2n) is 2.71. The predicted molar refractivity (Wildman–Crippen MR) is 51.2 cm³/mol. The highest BCUT2D eigenvalue weighted by Gasteiger charge is 2.10. The van der Waals surface area contributed by atoms with E-state index in [9.17, 15) is 4.79 Å². The summed E-state index contributed by atoms with van der Waals surface area (Å²) in [7, 11) is 2.75. The van der Waals surface area contributed by atoms with Crippen LogP contribution < -0.4 is 4.74 Å². The molecule has 0 radical (unpaired) electrons. The van der Waals surface area contributed by atoms with Crippen LogP contribution in [0.25, 0.3) is 0 Å². The van der Waals surface area contributed by atoms with Crippen LogP contribution in [0.15, 0.2) is 12.1 Å². The number of carbonyl (C=O) groups excluding carboxylic acids is 1. The molecule has 0 aromatic carbocycles.